The third-order valence-electron chi connectivity index (χ3n) is 1.71. The van der Waals surface area contributed by atoms with Gasteiger partial charge in [0.05, 0.1) is 0 Å². The van der Waals surface area contributed by atoms with Crippen molar-refractivity contribution in [1.29, 1.82) is 0 Å². The summed E-state index contributed by atoms with van der Waals surface area (Å²) in [4.78, 5) is 27.7. The van der Waals surface area contributed by atoms with Crippen molar-refractivity contribution in [2.24, 2.45) is 0 Å². The van der Waals surface area contributed by atoms with Crippen LogP contribution in [0.25, 0.3) is 0 Å². The molecule has 6 nitrogen and oxygen atoms in total. The van der Waals surface area contributed by atoms with E-state index in [1.165, 1.54) is 0 Å². The Morgan fingerprint density at radius 2 is 0.484 bits per heavy atom. The zero-order valence-electron chi connectivity index (χ0n) is 12.9. The van der Waals surface area contributed by atoms with E-state index in [-0.39, 0.29) is 26.2 Å². The van der Waals surface area contributed by atoms with Gasteiger partial charge in [-0.05, 0) is 0 Å². The zero-order chi connectivity index (χ0) is 25.7. The first-order chi connectivity index (χ1) is 12.6. The fourth-order valence-electron chi connectivity index (χ4n) is 0.311. The minimum atomic E-state index is -6.01. The van der Waals surface area contributed by atoms with Crippen molar-refractivity contribution < 1.29 is 94.2 Å². The van der Waals surface area contributed by atoms with Crippen LogP contribution >= 0.6 is 24.1 Å². The van der Waals surface area contributed by atoms with Gasteiger partial charge in [-0.3, -0.25) is 0 Å². The Morgan fingerprint density at radius 1 is 0.387 bits per heavy atom. The second-order valence-electron chi connectivity index (χ2n) is 3.89. The summed E-state index contributed by atoms with van der Waals surface area (Å²) in [6.45, 7) is 0. The van der Waals surface area contributed by atoms with Crippen LogP contribution in [0.4, 0.5) is 65.9 Å². The molecule has 0 spiro atoms. The molecular weight excluding hydrogens is 755 g/mol. The maximum atomic E-state index is 11.3. The predicted molar refractivity (Wildman–Crippen MR) is 61.6 cm³/mol. The molecule has 2 radical (unpaired) electrons. The van der Waals surface area contributed by atoms with E-state index in [1.807, 2.05) is 0 Å². The first kappa shape index (κ1) is 38.3. The summed E-state index contributed by atoms with van der Waals surface area (Å²) in [5.74, 6) is 0. The first-order valence-corrected chi connectivity index (χ1v) is 8.88. The topological polar surface area (TPSA) is 120 Å². The standard InChI is InChI=1S/3C2F5O2P.Bi/c3*3-1(4,5)2(6,7)10(8)9;/q;;;+3. The molecule has 0 fully saturated rings. The average molecular weight is 755 g/mol. The largest absolute Gasteiger partial charge is 3.00 e. The number of alkyl halides is 15. The van der Waals surface area contributed by atoms with E-state index >= 15 is 0 Å². The van der Waals surface area contributed by atoms with Crippen molar-refractivity contribution in [1.82, 2.24) is 0 Å². The zero-order valence-corrected chi connectivity index (χ0v) is 19.1. The molecule has 0 bridgehead atoms. The molecule has 0 saturated heterocycles. The smallest absolute Gasteiger partial charge is 0.590 e. The molecule has 0 amide bonds. The van der Waals surface area contributed by atoms with Crippen molar-refractivity contribution >= 4 is 50.3 Å². The molecule has 0 aromatic rings. The van der Waals surface area contributed by atoms with Crippen LogP contribution < -0.4 is 14.7 Å². The van der Waals surface area contributed by atoms with Gasteiger partial charge in [0.1, 0.15) is 0 Å². The maximum Gasteiger partial charge on any atom is 3.00 e. The van der Waals surface area contributed by atoms with Crippen molar-refractivity contribution in [3.63, 3.8) is 0 Å². The van der Waals surface area contributed by atoms with Gasteiger partial charge >= 0.3 is 85.8 Å². The number of hydrogen-bond donors (Lipinski definition) is 0. The summed E-state index contributed by atoms with van der Waals surface area (Å²) >= 11 is 0. The number of rotatable bonds is 3. The van der Waals surface area contributed by atoms with E-state index in [0.717, 1.165) is 0 Å². The molecule has 31 heavy (non-hydrogen) atoms. The fourth-order valence-corrected chi connectivity index (χ4v) is 0.932. The molecule has 0 aliphatic rings. The van der Waals surface area contributed by atoms with Gasteiger partial charge in [-0.15, -0.1) is 26.3 Å². The van der Waals surface area contributed by atoms with Crippen molar-refractivity contribution in [3.8, 4) is 0 Å². The minimum absolute atomic E-state index is 0. The second kappa shape index (κ2) is 12.5. The van der Waals surface area contributed by atoms with E-state index in [9.17, 15) is 94.2 Å². The summed E-state index contributed by atoms with van der Waals surface area (Å²) in [5, 5.41) is 0. The van der Waals surface area contributed by atoms with Crippen molar-refractivity contribution in [2.75, 3.05) is 0 Å². The molecule has 25 heteroatoms. The molecule has 182 valence electrons. The van der Waals surface area contributed by atoms with Crippen LogP contribution in [0.15, 0.2) is 0 Å². The van der Waals surface area contributed by atoms with E-state index in [2.05, 4.69) is 0 Å². The molecule has 0 rings (SSSR count). The molecule has 0 aliphatic carbocycles. The molecule has 0 saturated carbocycles. The Kier molecular flexibility index (Phi) is 15.4. The van der Waals surface area contributed by atoms with Crippen LogP contribution in [0.5, 0.6) is 0 Å². The first-order valence-electron chi connectivity index (χ1n) is 5.35. The molecule has 0 aromatic carbocycles. The number of hydrogen-bond acceptors (Lipinski definition) is 6. The van der Waals surface area contributed by atoms with Crippen LogP contribution in [-0.2, 0) is 13.7 Å². The molecule has 3 atom stereocenters. The summed E-state index contributed by atoms with van der Waals surface area (Å²) in [6, 6.07) is 0. The van der Waals surface area contributed by atoms with Gasteiger partial charge in [0.25, 0.3) is 0 Å². The number of halogens is 15. The van der Waals surface area contributed by atoms with Crippen LogP contribution in [0.1, 0.15) is 0 Å². The summed E-state index contributed by atoms with van der Waals surface area (Å²) in [7, 11) is -14.4. The van der Waals surface area contributed by atoms with Crippen LogP contribution in [0, 0.1) is 0 Å². The predicted octanol–water partition coefficient (Wildman–Crippen LogP) is 3.35. The van der Waals surface area contributed by atoms with Gasteiger partial charge < -0.3 is 14.7 Å². The maximum absolute atomic E-state index is 11.3. The van der Waals surface area contributed by atoms with Crippen LogP contribution in [0.2, 0.25) is 0 Å². The van der Waals surface area contributed by atoms with Crippen LogP contribution in [0.3, 0.4) is 0 Å². The summed E-state index contributed by atoms with van der Waals surface area (Å²) in [6.07, 6.45) is -18.0. The van der Waals surface area contributed by atoms with Crippen LogP contribution in [-0.4, -0.2) is 61.7 Å². The summed E-state index contributed by atoms with van der Waals surface area (Å²) < 4.78 is 194. The van der Waals surface area contributed by atoms with E-state index in [1.54, 1.807) is 0 Å². The Hall–Kier alpha value is 0.0131. The molecule has 0 aliphatic heterocycles. The van der Waals surface area contributed by atoms with Crippen molar-refractivity contribution in [3.05, 3.63) is 0 Å². The molecule has 0 heterocycles. The Balaban J connectivity index is -0.000000174. The Bertz CT molecular complexity index is 543. The minimum Gasteiger partial charge on any atom is -0.590 e. The third kappa shape index (κ3) is 11.6. The van der Waals surface area contributed by atoms with Gasteiger partial charge in [0.2, 0.25) is 0 Å². The van der Waals surface area contributed by atoms with E-state index in [4.69, 9.17) is 0 Å². The van der Waals surface area contributed by atoms with Crippen molar-refractivity contribution in [2.45, 2.75) is 35.5 Å². The second-order valence-corrected chi connectivity index (χ2v) is 7.12. The molecule has 0 aromatic heterocycles. The molecule has 3 unspecified atom stereocenters. The van der Waals surface area contributed by atoms with Gasteiger partial charge in [0, 0.05) is 0 Å². The fraction of sp³-hybridized carbons (Fsp3) is 1.00. The summed E-state index contributed by atoms with van der Waals surface area (Å²) in [5.41, 5.74) is -16.8. The van der Waals surface area contributed by atoms with Gasteiger partial charge in [-0.2, -0.15) is 39.5 Å². The van der Waals surface area contributed by atoms with Gasteiger partial charge in [-0.25, -0.2) is 0 Å². The van der Waals surface area contributed by atoms with E-state index in [0.29, 0.717) is 0 Å². The third-order valence-corrected chi connectivity index (χ3v) is 3.85. The van der Waals surface area contributed by atoms with Gasteiger partial charge in [-0.1, -0.05) is 13.7 Å². The molecular formula is C6BiF15O6P3+3. The average Bonchev–Trinajstić information content (AvgIpc) is 2.44. The quantitative estimate of drug-likeness (QED) is 0.248. The normalized spacial score (nSPS) is 14.7. The molecule has 0 N–H and O–H groups in total. The Morgan fingerprint density at radius 3 is 0.484 bits per heavy atom. The van der Waals surface area contributed by atoms with E-state index < -0.39 is 59.6 Å². The van der Waals surface area contributed by atoms with Gasteiger partial charge in [0.15, 0.2) is 0 Å². The SMILES string of the molecule is O=[P+]([O-])C(F)(F)C(F)(F)F.O=[P+]([O-])C(F)(F)C(F)(F)F.O=[P+]([O-])C(F)(F)C(F)(F)F.[Bi+3]. The Labute approximate surface area is 180 Å². The monoisotopic (exact) mass is 755 g/mol.